The van der Waals surface area contributed by atoms with E-state index in [0.717, 1.165) is 27.9 Å². The third-order valence-electron chi connectivity index (χ3n) is 4.43. The van der Waals surface area contributed by atoms with Crippen molar-refractivity contribution >= 4 is 45.4 Å². The average Bonchev–Trinajstić information content (AvgIpc) is 3.12. The summed E-state index contributed by atoms with van der Waals surface area (Å²) in [6.45, 7) is 1.85. The Morgan fingerprint density at radius 3 is 2.83 bits per heavy atom. The van der Waals surface area contributed by atoms with Crippen LogP contribution in [0.5, 0.6) is 0 Å². The van der Waals surface area contributed by atoms with Gasteiger partial charge in [0, 0.05) is 40.7 Å². The Hall–Kier alpha value is -2.54. The number of hydrogen-bond acceptors (Lipinski definition) is 4. The molecule has 3 N–H and O–H groups in total. The van der Waals surface area contributed by atoms with Crippen molar-refractivity contribution in [2.75, 3.05) is 0 Å². The van der Waals surface area contributed by atoms with E-state index in [0.29, 0.717) is 11.4 Å². The highest BCUT2D eigenvalue weighted by Gasteiger charge is 2.39. The second kappa shape index (κ2) is 5.27. The van der Waals surface area contributed by atoms with Crippen molar-refractivity contribution in [1.29, 1.82) is 0 Å². The largest absolute Gasteiger partial charge is 0.360 e. The predicted octanol–water partition coefficient (Wildman–Crippen LogP) is 1.93. The number of aromatic nitrogens is 1. The zero-order valence-electron chi connectivity index (χ0n) is 12.5. The van der Waals surface area contributed by atoms with Gasteiger partial charge >= 0.3 is 0 Å². The molecule has 0 radical (unpaired) electrons. The minimum absolute atomic E-state index is 0.100. The summed E-state index contributed by atoms with van der Waals surface area (Å²) in [7, 11) is 0. The lowest BCUT2D eigenvalue weighted by Gasteiger charge is -2.27. The van der Waals surface area contributed by atoms with Gasteiger partial charge in [0.15, 0.2) is 0 Å². The molecule has 0 aliphatic carbocycles. The van der Waals surface area contributed by atoms with Crippen LogP contribution >= 0.6 is 12.2 Å². The number of hydrogen-bond donors (Lipinski definition) is 3. The summed E-state index contributed by atoms with van der Waals surface area (Å²) in [6, 6.07) is 8.07. The molecule has 2 atom stereocenters. The topological polar surface area (TPSA) is 81.6 Å². The zero-order chi connectivity index (χ0) is 16.0. The highest BCUT2D eigenvalue weighted by Crippen LogP contribution is 2.29. The minimum atomic E-state index is -0.328. The van der Waals surface area contributed by atoms with Crippen molar-refractivity contribution in [2.45, 2.75) is 13.3 Å². The molecule has 6 nitrogen and oxygen atoms in total. The lowest BCUT2D eigenvalue weighted by Crippen LogP contribution is -2.42. The van der Waals surface area contributed by atoms with Crippen LogP contribution in [0.1, 0.15) is 18.9 Å². The second-order valence-electron chi connectivity index (χ2n) is 5.80. The van der Waals surface area contributed by atoms with Gasteiger partial charge in [-0.2, -0.15) is 10.2 Å². The highest BCUT2D eigenvalue weighted by molar-refractivity contribution is 7.80. The molecule has 0 fully saturated rings. The number of rotatable bonds is 2. The van der Waals surface area contributed by atoms with E-state index in [1.54, 1.807) is 0 Å². The second-order valence-corrected chi connectivity index (χ2v) is 6.24. The van der Waals surface area contributed by atoms with Crippen LogP contribution in [-0.4, -0.2) is 27.3 Å². The van der Waals surface area contributed by atoms with Crippen molar-refractivity contribution in [3.05, 3.63) is 36.0 Å². The number of aromatic amines is 1. The number of H-pyrrole nitrogens is 1. The number of thiocarbonyl (C=S) groups is 1. The van der Waals surface area contributed by atoms with Gasteiger partial charge in [0.2, 0.25) is 5.91 Å². The van der Waals surface area contributed by atoms with Gasteiger partial charge in [0.1, 0.15) is 4.99 Å². The fraction of sp³-hybridized carbons (Fsp3) is 0.250. The quantitative estimate of drug-likeness (QED) is 0.738. The van der Waals surface area contributed by atoms with Crippen LogP contribution in [0.3, 0.4) is 0 Å². The van der Waals surface area contributed by atoms with Gasteiger partial charge < -0.3 is 4.98 Å². The number of nitrogens with one attached hydrogen (secondary N) is 3. The van der Waals surface area contributed by atoms with Crippen LogP contribution in [0.4, 0.5) is 0 Å². The van der Waals surface area contributed by atoms with E-state index in [9.17, 15) is 4.79 Å². The Morgan fingerprint density at radius 2 is 2.04 bits per heavy atom. The number of fused-ring (bicyclic) bond motifs is 1. The molecule has 2 aliphatic rings. The predicted molar refractivity (Wildman–Crippen MR) is 93.4 cm³/mol. The summed E-state index contributed by atoms with van der Waals surface area (Å²) in [5.41, 5.74) is 9.22. The Morgan fingerprint density at radius 1 is 1.22 bits per heavy atom. The van der Waals surface area contributed by atoms with E-state index >= 15 is 0 Å². The van der Waals surface area contributed by atoms with Gasteiger partial charge in [-0.15, -0.1) is 0 Å². The van der Waals surface area contributed by atoms with Gasteiger partial charge in [0.05, 0.1) is 11.6 Å². The molecule has 23 heavy (non-hydrogen) atoms. The molecule has 1 aromatic heterocycles. The standard InChI is InChI=1S/C16H15N5OS/c1-8-14(15(22)20-18-8)10-6-13(19-21-16(10)23)11-7-17-12-5-3-2-4-9(11)12/h2-5,7,10,14,17H,6H2,1H3,(H,20,22)(H,21,23). The van der Waals surface area contributed by atoms with Gasteiger partial charge in [-0.1, -0.05) is 30.4 Å². The SMILES string of the molecule is CC1=NNC(=O)C1C1CC(c2c[nH]c3ccccc23)=NNC1=S. The van der Waals surface area contributed by atoms with E-state index in [1.165, 1.54) is 0 Å². The Balaban J connectivity index is 1.70. The van der Waals surface area contributed by atoms with E-state index in [1.807, 2.05) is 31.3 Å². The summed E-state index contributed by atoms with van der Waals surface area (Å²) in [4.78, 5) is 15.9. The number of nitrogens with zero attached hydrogens (tertiary/aromatic N) is 2. The maximum absolute atomic E-state index is 12.1. The van der Waals surface area contributed by atoms with E-state index in [2.05, 4.69) is 32.1 Å². The van der Waals surface area contributed by atoms with Crippen LogP contribution in [0.2, 0.25) is 0 Å². The molecule has 3 heterocycles. The monoisotopic (exact) mass is 325 g/mol. The number of amides is 1. The molecular weight excluding hydrogens is 310 g/mol. The molecule has 1 aromatic carbocycles. The first-order valence-corrected chi connectivity index (χ1v) is 7.83. The van der Waals surface area contributed by atoms with Crippen LogP contribution < -0.4 is 10.9 Å². The van der Waals surface area contributed by atoms with Crippen LogP contribution in [-0.2, 0) is 4.79 Å². The Labute approximate surface area is 138 Å². The zero-order valence-corrected chi connectivity index (χ0v) is 13.3. The molecule has 2 aliphatic heterocycles. The fourth-order valence-corrected chi connectivity index (χ4v) is 3.51. The first-order chi connectivity index (χ1) is 11.1. The highest BCUT2D eigenvalue weighted by atomic mass is 32.1. The van der Waals surface area contributed by atoms with Crippen molar-refractivity contribution in [1.82, 2.24) is 15.8 Å². The van der Waals surface area contributed by atoms with E-state index in [4.69, 9.17) is 12.2 Å². The average molecular weight is 325 g/mol. The van der Waals surface area contributed by atoms with E-state index < -0.39 is 0 Å². The molecular formula is C16H15N5OS. The molecule has 7 heteroatoms. The molecule has 0 saturated carbocycles. The van der Waals surface area contributed by atoms with Gasteiger partial charge in [-0.25, -0.2) is 5.43 Å². The summed E-state index contributed by atoms with van der Waals surface area (Å²) >= 11 is 5.39. The maximum atomic E-state index is 12.1. The molecule has 2 aromatic rings. The molecule has 0 saturated heterocycles. The number of para-hydroxylation sites is 1. The lowest BCUT2D eigenvalue weighted by molar-refractivity contribution is -0.122. The van der Waals surface area contributed by atoms with Crippen molar-refractivity contribution in [2.24, 2.45) is 22.0 Å². The van der Waals surface area contributed by atoms with Gasteiger partial charge in [0.25, 0.3) is 0 Å². The van der Waals surface area contributed by atoms with Crippen LogP contribution in [0.25, 0.3) is 10.9 Å². The van der Waals surface area contributed by atoms with Crippen LogP contribution in [0.15, 0.2) is 40.7 Å². The van der Waals surface area contributed by atoms with Crippen molar-refractivity contribution in [3.8, 4) is 0 Å². The summed E-state index contributed by atoms with van der Waals surface area (Å²) < 4.78 is 0. The molecule has 1 amide bonds. The molecule has 4 rings (SSSR count). The lowest BCUT2D eigenvalue weighted by atomic mass is 9.82. The number of hydrazone groups is 2. The summed E-state index contributed by atoms with van der Waals surface area (Å²) in [5, 5.41) is 9.55. The molecule has 2 unspecified atom stereocenters. The molecule has 0 spiro atoms. The Kier molecular flexibility index (Phi) is 3.23. The smallest absolute Gasteiger partial charge is 0.249 e. The number of carbonyl (C=O) groups is 1. The fourth-order valence-electron chi connectivity index (χ4n) is 3.25. The third-order valence-corrected chi connectivity index (χ3v) is 4.82. The number of carbonyl (C=O) groups excluding carboxylic acids is 1. The third kappa shape index (κ3) is 2.24. The van der Waals surface area contributed by atoms with Crippen LogP contribution in [0, 0.1) is 11.8 Å². The van der Waals surface area contributed by atoms with Gasteiger partial charge in [-0.05, 0) is 13.0 Å². The van der Waals surface area contributed by atoms with E-state index in [-0.39, 0.29) is 17.7 Å². The van der Waals surface area contributed by atoms with Crippen molar-refractivity contribution < 1.29 is 4.79 Å². The molecule has 0 bridgehead atoms. The van der Waals surface area contributed by atoms with Crippen molar-refractivity contribution in [3.63, 3.8) is 0 Å². The first kappa shape index (κ1) is 14.1. The Bertz CT molecular complexity index is 881. The minimum Gasteiger partial charge on any atom is -0.360 e. The molecule has 116 valence electrons. The normalized spacial score (nSPS) is 24.2. The number of benzene rings is 1. The maximum Gasteiger partial charge on any atom is 0.249 e. The first-order valence-electron chi connectivity index (χ1n) is 7.42. The summed E-state index contributed by atoms with van der Waals surface area (Å²) in [5.74, 6) is -0.556. The van der Waals surface area contributed by atoms with Gasteiger partial charge in [-0.3, -0.25) is 10.2 Å². The summed E-state index contributed by atoms with van der Waals surface area (Å²) in [6.07, 6.45) is 2.56.